The Morgan fingerprint density at radius 3 is 2.00 bits per heavy atom. The SMILES string of the molecule is O=C(CSC1CCCCC1)C1CCCCCC1. The van der Waals surface area contributed by atoms with Crippen LogP contribution in [0, 0.1) is 5.92 Å². The quantitative estimate of drug-likeness (QED) is 0.682. The zero-order chi connectivity index (χ0) is 11.9. The molecule has 2 aliphatic rings. The predicted octanol–water partition coefficient (Wildman–Crippen LogP) is 4.59. The lowest BCUT2D eigenvalue weighted by atomic mass is 9.96. The van der Waals surface area contributed by atoms with Crippen LogP contribution in [-0.4, -0.2) is 16.8 Å². The van der Waals surface area contributed by atoms with Crippen LogP contribution in [0.4, 0.5) is 0 Å². The minimum atomic E-state index is 0.411. The van der Waals surface area contributed by atoms with Crippen LogP contribution in [0.2, 0.25) is 0 Å². The van der Waals surface area contributed by atoms with Gasteiger partial charge in [-0.25, -0.2) is 0 Å². The molecule has 0 saturated heterocycles. The summed E-state index contributed by atoms with van der Waals surface area (Å²) in [4.78, 5) is 12.2. The highest BCUT2D eigenvalue weighted by Gasteiger charge is 2.21. The van der Waals surface area contributed by atoms with Crippen molar-refractivity contribution < 1.29 is 4.79 Å². The van der Waals surface area contributed by atoms with E-state index in [4.69, 9.17) is 0 Å². The molecule has 0 aliphatic heterocycles. The van der Waals surface area contributed by atoms with Crippen molar-refractivity contribution in [3.8, 4) is 0 Å². The van der Waals surface area contributed by atoms with Gasteiger partial charge in [-0.1, -0.05) is 44.9 Å². The monoisotopic (exact) mass is 254 g/mol. The molecule has 17 heavy (non-hydrogen) atoms. The smallest absolute Gasteiger partial charge is 0.145 e. The number of ketones is 1. The Kier molecular flexibility index (Phi) is 5.90. The number of thioether (sulfide) groups is 1. The second kappa shape index (κ2) is 7.45. The molecule has 2 aliphatic carbocycles. The summed E-state index contributed by atoms with van der Waals surface area (Å²) in [7, 11) is 0. The summed E-state index contributed by atoms with van der Waals surface area (Å²) < 4.78 is 0. The summed E-state index contributed by atoms with van der Waals surface area (Å²) >= 11 is 1.96. The first kappa shape index (κ1) is 13.5. The van der Waals surface area contributed by atoms with E-state index in [2.05, 4.69) is 0 Å². The molecule has 2 rings (SSSR count). The molecule has 0 heterocycles. The Morgan fingerprint density at radius 1 is 0.824 bits per heavy atom. The van der Waals surface area contributed by atoms with Crippen LogP contribution in [0.5, 0.6) is 0 Å². The highest BCUT2D eigenvalue weighted by Crippen LogP contribution is 2.30. The van der Waals surface area contributed by atoms with Gasteiger partial charge in [-0.05, 0) is 25.7 Å². The summed E-state index contributed by atoms with van der Waals surface area (Å²) in [6.45, 7) is 0. The third kappa shape index (κ3) is 4.65. The molecule has 0 spiro atoms. The van der Waals surface area contributed by atoms with Gasteiger partial charge in [-0.2, -0.15) is 11.8 Å². The van der Waals surface area contributed by atoms with Crippen LogP contribution in [0.3, 0.4) is 0 Å². The largest absolute Gasteiger partial charge is 0.298 e. The molecule has 0 aromatic carbocycles. The zero-order valence-electron chi connectivity index (χ0n) is 11.0. The fourth-order valence-corrected chi connectivity index (χ4v) is 4.45. The van der Waals surface area contributed by atoms with E-state index in [0.29, 0.717) is 11.7 Å². The summed E-state index contributed by atoms with van der Waals surface area (Å²) in [6, 6.07) is 0. The molecule has 2 heteroatoms. The minimum absolute atomic E-state index is 0.411. The first-order valence-corrected chi connectivity index (χ1v) is 8.55. The molecule has 1 nitrogen and oxygen atoms in total. The van der Waals surface area contributed by atoms with Gasteiger partial charge in [0.25, 0.3) is 0 Å². The standard InChI is InChI=1S/C15H26OS/c16-15(13-8-4-1-2-5-9-13)12-17-14-10-6-3-7-11-14/h13-14H,1-12H2. The second-order valence-electron chi connectivity index (χ2n) is 5.73. The predicted molar refractivity (Wildman–Crippen MR) is 75.5 cm³/mol. The fourth-order valence-electron chi connectivity index (χ4n) is 3.15. The van der Waals surface area contributed by atoms with Crippen molar-refractivity contribution in [1.82, 2.24) is 0 Å². The van der Waals surface area contributed by atoms with Gasteiger partial charge in [0.2, 0.25) is 0 Å². The first-order chi connectivity index (χ1) is 8.36. The molecule has 0 bridgehead atoms. The van der Waals surface area contributed by atoms with Gasteiger partial charge in [-0.3, -0.25) is 4.79 Å². The number of rotatable bonds is 4. The lowest BCUT2D eigenvalue weighted by Crippen LogP contribution is -2.18. The molecule has 2 saturated carbocycles. The van der Waals surface area contributed by atoms with Crippen molar-refractivity contribution >= 4 is 17.5 Å². The third-order valence-corrected chi connectivity index (χ3v) is 5.72. The Hall–Kier alpha value is 0.0200. The molecule has 0 unspecified atom stereocenters. The van der Waals surface area contributed by atoms with Gasteiger partial charge in [0, 0.05) is 11.2 Å². The van der Waals surface area contributed by atoms with E-state index in [-0.39, 0.29) is 0 Å². The lowest BCUT2D eigenvalue weighted by molar-refractivity contribution is -0.120. The highest BCUT2D eigenvalue weighted by molar-refractivity contribution is 8.00. The second-order valence-corrected chi connectivity index (χ2v) is 7.01. The molecule has 0 radical (unpaired) electrons. The summed E-state index contributed by atoms with van der Waals surface area (Å²) in [5.41, 5.74) is 0. The zero-order valence-corrected chi connectivity index (χ0v) is 11.8. The van der Waals surface area contributed by atoms with Crippen molar-refractivity contribution in [1.29, 1.82) is 0 Å². The molecule has 0 aromatic rings. The molecule has 98 valence electrons. The van der Waals surface area contributed by atoms with Gasteiger partial charge < -0.3 is 0 Å². The number of hydrogen-bond acceptors (Lipinski definition) is 2. The average molecular weight is 254 g/mol. The van der Waals surface area contributed by atoms with E-state index in [1.165, 1.54) is 70.6 Å². The van der Waals surface area contributed by atoms with E-state index in [1.807, 2.05) is 11.8 Å². The normalized spacial score (nSPS) is 24.5. The maximum Gasteiger partial charge on any atom is 0.145 e. The van der Waals surface area contributed by atoms with Gasteiger partial charge in [-0.15, -0.1) is 0 Å². The molecule has 0 N–H and O–H groups in total. The minimum Gasteiger partial charge on any atom is -0.298 e. The van der Waals surface area contributed by atoms with Crippen LogP contribution in [0.15, 0.2) is 0 Å². The van der Waals surface area contributed by atoms with Gasteiger partial charge in [0.1, 0.15) is 5.78 Å². The highest BCUT2D eigenvalue weighted by atomic mass is 32.2. The number of Topliss-reactive ketones (excluding diaryl/α,β-unsaturated/α-hetero) is 1. The average Bonchev–Trinajstić information content (AvgIpc) is 2.66. The third-order valence-electron chi connectivity index (χ3n) is 4.32. The Morgan fingerprint density at radius 2 is 1.35 bits per heavy atom. The van der Waals surface area contributed by atoms with Gasteiger partial charge in [0.05, 0.1) is 5.75 Å². The first-order valence-electron chi connectivity index (χ1n) is 7.50. The van der Waals surface area contributed by atoms with Crippen LogP contribution >= 0.6 is 11.8 Å². The van der Waals surface area contributed by atoms with Crippen LogP contribution < -0.4 is 0 Å². The van der Waals surface area contributed by atoms with Gasteiger partial charge >= 0.3 is 0 Å². The van der Waals surface area contributed by atoms with Crippen LogP contribution in [0.25, 0.3) is 0 Å². The van der Waals surface area contributed by atoms with E-state index < -0.39 is 0 Å². The van der Waals surface area contributed by atoms with Gasteiger partial charge in [0.15, 0.2) is 0 Å². The van der Waals surface area contributed by atoms with E-state index in [0.717, 1.165) is 11.0 Å². The summed E-state index contributed by atoms with van der Waals surface area (Å²) in [5.74, 6) is 1.77. The number of hydrogen-bond donors (Lipinski definition) is 0. The van der Waals surface area contributed by atoms with Crippen LogP contribution in [0.1, 0.15) is 70.6 Å². The van der Waals surface area contributed by atoms with E-state index in [1.54, 1.807) is 0 Å². The van der Waals surface area contributed by atoms with E-state index in [9.17, 15) is 4.79 Å². The van der Waals surface area contributed by atoms with Crippen molar-refractivity contribution in [3.05, 3.63) is 0 Å². The Bertz CT molecular complexity index is 225. The number of carbonyl (C=O) groups excluding carboxylic acids is 1. The van der Waals surface area contributed by atoms with Crippen molar-refractivity contribution in [2.75, 3.05) is 5.75 Å². The molecular formula is C15H26OS. The molecule has 0 atom stereocenters. The molecule has 0 aromatic heterocycles. The summed E-state index contributed by atoms with van der Waals surface area (Å²) in [6.07, 6.45) is 14.5. The van der Waals surface area contributed by atoms with Crippen molar-refractivity contribution in [3.63, 3.8) is 0 Å². The Balaban J connectivity index is 1.68. The fraction of sp³-hybridized carbons (Fsp3) is 0.933. The maximum absolute atomic E-state index is 12.2. The molecule has 0 amide bonds. The summed E-state index contributed by atoms with van der Waals surface area (Å²) in [5, 5.41) is 0.790. The molecular weight excluding hydrogens is 228 g/mol. The van der Waals surface area contributed by atoms with Crippen LogP contribution in [-0.2, 0) is 4.79 Å². The molecule has 2 fully saturated rings. The Labute approximate surface area is 110 Å². The van der Waals surface area contributed by atoms with E-state index >= 15 is 0 Å². The van der Waals surface area contributed by atoms with Crippen molar-refractivity contribution in [2.45, 2.75) is 75.9 Å². The number of carbonyl (C=O) groups is 1. The van der Waals surface area contributed by atoms with Crippen molar-refractivity contribution in [2.24, 2.45) is 5.92 Å². The topological polar surface area (TPSA) is 17.1 Å². The lowest BCUT2D eigenvalue weighted by Gasteiger charge is -2.21. The maximum atomic E-state index is 12.2.